The third-order valence-corrected chi connectivity index (χ3v) is 2.67. The maximum absolute atomic E-state index is 9.84. The van der Waals surface area contributed by atoms with Gasteiger partial charge in [0.1, 0.15) is 5.75 Å². The molecule has 3 nitrogen and oxygen atoms in total. The van der Waals surface area contributed by atoms with Gasteiger partial charge in [0.15, 0.2) is 0 Å². The molecule has 0 aliphatic rings. The van der Waals surface area contributed by atoms with Gasteiger partial charge in [0.2, 0.25) is 0 Å². The zero-order valence-electron chi connectivity index (χ0n) is 13.0. The average molecular weight is 266 g/mol. The van der Waals surface area contributed by atoms with Crippen molar-refractivity contribution in [2.24, 2.45) is 0 Å². The van der Waals surface area contributed by atoms with Gasteiger partial charge in [-0.3, -0.25) is 4.79 Å². The normalized spacial score (nSPS) is 11.5. The van der Waals surface area contributed by atoms with E-state index in [2.05, 4.69) is 47.6 Å². The van der Waals surface area contributed by atoms with Crippen LogP contribution in [0.4, 0.5) is 0 Å². The number of benzene rings is 1. The molecule has 0 unspecified atom stereocenters. The van der Waals surface area contributed by atoms with Gasteiger partial charge < -0.3 is 10.2 Å². The van der Waals surface area contributed by atoms with E-state index in [0.717, 1.165) is 12.5 Å². The number of phenols is 1. The summed E-state index contributed by atoms with van der Waals surface area (Å²) in [6, 6.07) is 5.93. The summed E-state index contributed by atoms with van der Waals surface area (Å²) >= 11 is 0. The van der Waals surface area contributed by atoms with Crippen molar-refractivity contribution in [1.29, 1.82) is 0 Å². The van der Waals surface area contributed by atoms with Crippen molar-refractivity contribution in [3.8, 4) is 5.75 Å². The molecule has 1 aromatic rings. The van der Waals surface area contributed by atoms with Gasteiger partial charge in [-0.05, 0) is 28.0 Å². The molecule has 0 radical (unpaired) electrons. The van der Waals surface area contributed by atoms with Gasteiger partial charge in [0.05, 0.1) is 0 Å². The van der Waals surface area contributed by atoms with Crippen LogP contribution in [-0.2, 0) is 15.6 Å². The number of carbonyl (C=O) groups is 1. The lowest BCUT2D eigenvalue weighted by Gasteiger charge is -2.25. The topological polar surface area (TPSA) is 57.5 Å². The molecular formula is C16H26O3. The largest absolute Gasteiger partial charge is 0.508 e. The van der Waals surface area contributed by atoms with Gasteiger partial charge >= 0.3 is 0 Å². The van der Waals surface area contributed by atoms with Crippen LogP contribution in [0, 0.1) is 0 Å². The molecule has 0 saturated carbocycles. The first kappa shape index (κ1) is 17.5. The molecule has 0 bridgehead atoms. The van der Waals surface area contributed by atoms with Crippen LogP contribution in [0.25, 0.3) is 0 Å². The molecule has 0 saturated heterocycles. The van der Waals surface area contributed by atoms with E-state index < -0.39 is 5.97 Å². The van der Waals surface area contributed by atoms with Crippen LogP contribution in [0.5, 0.6) is 5.75 Å². The standard InChI is InChI=1S/C14H22O.C2H4O2/c1-13(2,3)10-7-8-12(15)11(9-10)14(4,5)6;1-2(3)4/h7-9,15H,1-6H3;1H3,(H,3,4). The summed E-state index contributed by atoms with van der Waals surface area (Å²) in [5, 5.41) is 17.3. The second-order valence-electron chi connectivity index (χ2n) is 6.75. The Hall–Kier alpha value is -1.51. The number of aromatic hydroxyl groups is 1. The molecule has 2 N–H and O–H groups in total. The minimum absolute atomic E-state index is 0.00859. The smallest absolute Gasteiger partial charge is 0.300 e. The first-order chi connectivity index (χ1) is 8.35. The minimum Gasteiger partial charge on any atom is -0.508 e. The Balaban J connectivity index is 0.000000711. The van der Waals surface area contributed by atoms with E-state index in [9.17, 15) is 5.11 Å². The number of rotatable bonds is 0. The zero-order valence-corrected chi connectivity index (χ0v) is 13.0. The Morgan fingerprint density at radius 1 is 1.00 bits per heavy atom. The van der Waals surface area contributed by atoms with Gasteiger partial charge in [-0.1, -0.05) is 53.7 Å². The molecule has 0 heterocycles. The van der Waals surface area contributed by atoms with Crippen LogP contribution >= 0.6 is 0 Å². The summed E-state index contributed by atoms with van der Waals surface area (Å²) in [5.41, 5.74) is 2.42. The highest BCUT2D eigenvalue weighted by atomic mass is 16.4. The molecule has 108 valence electrons. The summed E-state index contributed by atoms with van der Waals surface area (Å²) in [6.45, 7) is 14.0. The molecule has 3 heteroatoms. The van der Waals surface area contributed by atoms with Crippen molar-refractivity contribution in [3.63, 3.8) is 0 Å². The molecule has 0 fully saturated rings. The number of aliphatic carboxylic acids is 1. The summed E-state index contributed by atoms with van der Waals surface area (Å²) < 4.78 is 0. The van der Waals surface area contributed by atoms with Crippen molar-refractivity contribution < 1.29 is 15.0 Å². The van der Waals surface area contributed by atoms with E-state index in [1.807, 2.05) is 6.07 Å². The lowest BCUT2D eigenvalue weighted by molar-refractivity contribution is -0.134. The summed E-state index contributed by atoms with van der Waals surface area (Å²) in [5.74, 6) is -0.435. The van der Waals surface area contributed by atoms with Gasteiger partial charge in [-0.25, -0.2) is 0 Å². The second kappa shape index (κ2) is 6.09. The molecular weight excluding hydrogens is 240 g/mol. The average Bonchev–Trinajstić information content (AvgIpc) is 2.13. The zero-order chi connectivity index (χ0) is 15.4. The SMILES string of the molecule is CC(=O)O.CC(C)(C)c1ccc(O)c(C(C)(C)C)c1. The Kier molecular flexibility index (Phi) is 5.61. The van der Waals surface area contributed by atoms with Gasteiger partial charge in [0.25, 0.3) is 5.97 Å². The maximum atomic E-state index is 9.84. The summed E-state index contributed by atoms with van der Waals surface area (Å²) in [7, 11) is 0. The third-order valence-electron chi connectivity index (χ3n) is 2.67. The molecule has 0 atom stereocenters. The lowest BCUT2D eigenvalue weighted by atomic mass is 9.80. The van der Waals surface area contributed by atoms with E-state index in [-0.39, 0.29) is 10.8 Å². The fourth-order valence-electron chi connectivity index (χ4n) is 1.60. The first-order valence-corrected chi connectivity index (χ1v) is 6.39. The third kappa shape index (κ3) is 6.27. The number of carboxylic acids is 1. The van der Waals surface area contributed by atoms with E-state index in [4.69, 9.17) is 9.90 Å². The molecule has 0 spiro atoms. The van der Waals surface area contributed by atoms with Gasteiger partial charge in [-0.15, -0.1) is 0 Å². The number of hydrogen-bond donors (Lipinski definition) is 2. The van der Waals surface area contributed by atoms with Crippen LogP contribution < -0.4 is 0 Å². The van der Waals surface area contributed by atoms with Crippen LogP contribution in [0.15, 0.2) is 18.2 Å². The predicted octanol–water partition coefficient (Wildman–Crippen LogP) is 4.08. The second-order valence-corrected chi connectivity index (χ2v) is 6.75. The molecule has 0 aromatic heterocycles. The van der Waals surface area contributed by atoms with Crippen molar-refractivity contribution in [3.05, 3.63) is 29.3 Å². The molecule has 0 aliphatic heterocycles. The fraction of sp³-hybridized carbons (Fsp3) is 0.562. The van der Waals surface area contributed by atoms with Gasteiger partial charge in [-0.2, -0.15) is 0 Å². The van der Waals surface area contributed by atoms with Crippen LogP contribution in [0.1, 0.15) is 59.6 Å². The fourth-order valence-corrected chi connectivity index (χ4v) is 1.60. The van der Waals surface area contributed by atoms with E-state index >= 15 is 0 Å². The first-order valence-electron chi connectivity index (χ1n) is 6.39. The highest BCUT2D eigenvalue weighted by Gasteiger charge is 2.21. The molecule has 19 heavy (non-hydrogen) atoms. The Labute approximate surface area is 116 Å². The number of carboxylic acid groups (broad SMARTS) is 1. The summed E-state index contributed by atoms with van der Waals surface area (Å²) in [4.78, 5) is 9.00. The number of hydrogen-bond acceptors (Lipinski definition) is 2. The van der Waals surface area contributed by atoms with E-state index in [1.54, 1.807) is 6.07 Å². The Morgan fingerprint density at radius 2 is 1.42 bits per heavy atom. The Bertz CT molecular complexity index is 430. The van der Waals surface area contributed by atoms with Crippen molar-refractivity contribution in [1.82, 2.24) is 0 Å². The highest BCUT2D eigenvalue weighted by Crippen LogP contribution is 2.34. The van der Waals surface area contributed by atoms with Crippen molar-refractivity contribution >= 4 is 5.97 Å². The minimum atomic E-state index is -0.833. The summed E-state index contributed by atoms with van der Waals surface area (Å²) in [6.07, 6.45) is 0. The quantitative estimate of drug-likeness (QED) is 0.744. The maximum Gasteiger partial charge on any atom is 0.300 e. The Morgan fingerprint density at radius 3 is 1.74 bits per heavy atom. The van der Waals surface area contributed by atoms with E-state index in [0.29, 0.717) is 5.75 Å². The molecule has 0 amide bonds. The lowest BCUT2D eigenvalue weighted by Crippen LogP contribution is -2.16. The predicted molar refractivity (Wildman–Crippen MR) is 78.8 cm³/mol. The van der Waals surface area contributed by atoms with Crippen molar-refractivity contribution in [2.45, 2.75) is 59.3 Å². The van der Waals surface area contributed by atoms with E-state index in [1.165, 1.54) is 5.56 Å². The monoisotopic (exact) mass is 266 g/mol. The van der Waals surface area contributed by atoms with Gasteiger partial charge in [0, 0.05) is 6.92 Å². The molecule has 1 aromatic carbocycles. The highest BCUT2D eigenvalue weighted by molar-refractivity contribution is 5.62. The molecule has 1 rings (SSSR count). The van der Waals surface area contributed by atoms with Crippen LogP contribution in [0.2, 0.25) is 0 Å². The van der Waals surface area contributed by atoms with Crippen LogP contribution in [-0.4, -0.2) is 16.2 Å². The molecule has 0 aliphatic carbocycles. The van der Waals surface area contributed by atoms with Crippen molar-refractivity contribution in [2.75, 3.05) is 0 Å². The number of phenolic OH excluding ortho intramolecular Hbond substituents is 1. The van der Waals surface area contributed by atoms with Crippen LogP contribution in [0.3, 0.4) is 0 Å².